The highest BCUT2D eigenvalue weighted by Gasteiger charge is 2.08. The topological polar surface area (TPSA) is 25.2 Å². The molecule has 1 N–H and O–H groups in total. The first-order chi connectivity index (χ1) is 15.8. The fourth-order valence-corrected chi connectivity index (χ4v) is 4.19. The Morgan fingerprint density at radius 2 is 0.938 bits per heavy atom. The molecule has 6 rings (SSSR count). The number of nitrogens with one attached hydrogen (secondary N) is 1. The molecular formula is C30H21NO. The Morgan fingerprint density at radius 1 is 0.406 bits per heavy atom. The van der Waals surface area contributed by atoms with Crippen LogP contribution in [-0.4, -0.2) is 0 Å². The molecule has 0 amide bonds. The smallest absolute Gasteiger partial charge is 0.135 e. The van der Waals surface area contributed by atoms with E-state index in [1.165, 1.54) is 22.3 Å². The van der Waals surface area contributed by atoms with E-state index in [0.717, 1.165) is 33.3 Å². The Morgan fingerprint density at radius 3 is 1.66 bits per heavy atom. The summed E-state index contributed by atoms with van der Waals surface area (Å²) in [6.45, 7) is 0. The van der Waals surface area contributed by atoms with Crippen molar-refractivity contribution in [1.29, 1.82) is 0 Å². The van der Waals surface area contributed by atoms with Crippen LogP contribution in [0.2, 0.25) is 0 Å². The predicted molar refractivity (Wildman–Crippen MR) is 134 cm³/mol. The van der Waals surface area contributed by atoms with Gasteiger partial charge in [0, 0.05) is 22.1 Å². The minimum absolute atomic E-state index is 0.923. The van der Waals surface area contributed by atoms with E-state index in [1.807, 2.05) is 18.2 Å². The van der Waals surface area contributed by atoms with Crippen LogP contribution in [0.1, 0.15) is 0 Å². The summed E-state index contributed by atoms with van der Waals surface area (Å²) in [5.74, 6) is 0. The second-order valence-corrected chi connectivity index (χ2v) is 7.95. The number of anilines is 2. The van der Waals surface area contributed by atoms with Gasteiger partial charge in [0.1, 0.15) is 11.2 Å². The van der Waals surface area contributed by atoms with Gasteiger partial charge in [0.15, 0.2) is 0 Å². The zero-order chi connectivity index (χ0) is 21.3. The number of rotatable bonds is 4. The van der Waals surface area contributed by atoms with Crippen molar-refractivity contribution in [2.45, 2.75) is 0 Å². The minimum atomic E-state index is 0.923. The zero-order valence-electron chi connectivity index (χ0n) is 17.5. The first kappa shape index (κ1) is 18.5. The van der Waals surface area contributed by atoms with Gasteiger partial charge in [-0.15, -0.1) is 0 Å². The van der Waals surface area contributed by atoms with E-state index in [4.69, 9.17) is 4.42 Å². The Kier molecular flexibility index (Phi) is 4.47. The maximum atomic E-state index is 5.96. The first-order valence-electron chi connectivity index (χ1n) is 10.8. The lowest BCUT2D eigenvalue weighted by molar-refractivity contribution is 0.669. The highest BCUT2D eigenvalue weighted by Crippen LogP contribution is 2.33. The molecule has 0 atom stereocenters. The summed E-state index contributed by atoms with van der Waals surface area (Å²) in [4.78, 5) is 0. The largest absolute Gasteiger partial charge is 0.456 e. The van der Waals surface area contributed by atoms with Crippen molar-refractivity contribution in [3.8, 4) is 22.3 Å². The molecule has 6 aromatic rings. The van der Waals surface area contributed by atoms with Crippen LogP contribution in [0.4, 0.5) is 11.4 Å². The standard InChI is InChI=1S/C30H21NO/c1-2-6-21(7-3-1)22-10-15-25(16-11-22)31-26-17-12-23(13-18-26)24-14-19-30-28(20-24)27-8-4-5-9-29(27)32-30/h1-20,31H. The molecular weight excluding hydrogens is 390 g/mol. The average molecular weight is 412 g/mol. The number of furan rings is 1. The number of fused-ring (bicyclic) bond motifs is 3. The third-order valence-electron chi connectivity index (χ3n) is 5.88. The third-order valence-corrected chi connectivity index (χ3v) is 5.88. The summed E-state index contributed by atoms with van der Waals surface area (Å²) in [6.07, 6.45) is 0. The first-order valence-corrected chi connectivity index (χ1v) is 10.8. The molecule has 2 nitrogen and oxygen atoms in total. The Balaban J connectivity index is 1.24. The van der Waals surface area contributed by atoms with Crippen molar-refractivity contribution < 1.29 is 4.42 Å². The van der Waals surface area contributed by atoms with Crippen LogP contribution in [-0.2, 0) is 0 Å². The fourth-order valence-electron chi connectivity index (χ4n) is 4.19. The summed E-state index contributed by atoms with van der Waals surface area (Å²) in [5, 5.41) is 5.80. The maximum Gasteiger partial charge on any atom is 0.135 e. The minimum Gasteiger partial charge on any atom is -0.456 e. The van der Waals surface area contributed by atoms with Crippen molar-refractivity contribution in [2.24, 2.45) is 0 Å². The van der Waals surface area contributed by atoms with Gasteiger partial charge >= 0.3 is 0 Å². The molecule has 0 saturated heterocycles. The van der Waals surface area contributed by atoms with E-state index < -0.39 is 0 Å². The highest BCUT2D eigenvalue weighted by molar-refractivity contribution is 6.06. The molecule has 32 heavy (non-hydrogen) atoms. The Labute approximate surface area is 186 Å². The van der Waals surface area contributed by atoms with Crippen molar-refractivity contribution in [3.63, 3.8) is 0 Å². The lowest BCUT2D eigenvalue weighted by Crippen LogP contribution is -1.90. The third kappa shape index (κ3) is 3.42. The molecule has 0 aliphatic heterocycles. The van der Waals surface area contributed by atoms with E-state index >= 15 is 0 Å². The predicted octanol–water partition coefficient (Wildman–Crippen LogP) is 8.66. The number of para-hydroxylation sites is 1. The van der Waals surface area contributed by atoms with E-state index in [-0.39, 0.29) is 0 Å². The van der Waals surface area contributed by atoms with Crippen LogP contribution in [0.25, 0.3) is 44.2 Å². The summed E-state index contributed by atoms with van der Waals surface area (Å²) < 4.78 is 5.96. The second-order valence-electron chi connectivity index (χ2n) is 7.95. The Hall–Kier alpha value is -4.30. The molecule has 1 heterocycles. The monoisotopic (exact) mass is 411 g/mol. The average Bonchev–Trinajstić information content (AvgIpc) is 3.24. The van der Waals surface area contributed by atoms with Gasteiger partial charge in [0.2, 0.25) is 0 Å². The van der Waals surface area contributed by atoms with Gasteiger partial charge in [0.05, 0.1) is 0 Å². The van der Waals surface area contributed by atoms with Crippen LogP contribution < -0.4 is 5.32 Å². The summed E-state index contributed by atoms with van der Waals surface area (Å²) in [7, 11) is 0. The quantitative estimate of drug-likeness (QED) is 0.314. The van der Waals surface area contributed by atoms with E-state index in [2.05, 4.69) is 108 Å². The van der Waals surface area contributed by atoms with Crippen molar-refractivity contribution in [2.75, 3.05) is 5.32 Å². The fraction of sp³-hybridized carbons (Fsp3) is 0. The van der Waals surface area contributed by atoms with Crippen LogP contribution in [0.15, 0.2) is 126 Å². The molecule has 0 aliphatic rings. The number of benzene rings is 5. The van der Waals surface area contributed by atoms with E-state index in [0.29, 0.717) is 0 Å². The van der Waals surface area contributed by atoms with Crippen LogP contribution in [0.3, 0.4) is 0 Å². The highest BCUT2D eigenvalue weighted by atomic mass is 16.3. The Bertz CT molecular complexity index is 1510. The molecule has 0 saturated carbocycles. The van der Waals surface area contributed by atoms with Crippen LogP contribution in [0.5, 0.6) is 0 Å². The van der Waals surface area contributed by atoms with Gasteiger partial charge in [-0.2, -0.15) is 0 Å². The van der Waals surface area contributed by atoms with Gasteiger partial charge in [-0.3, -0.25) is 0 Å². The van der Waals surface area contributed by atoms with Crippen molar-refractivity contribution in [1.82, 2.24) is 0 Å². The lowest BCUT2D eigenvalue weighted by atomic mass is 10.0. The van der Waals surface area contributed by atoms with Gasteiger partial charge in [-0.05, 0) is 64.7 Å². The van der Waals surface area contributed by atoms with Crippen molar-refractivity contribution >= 4 is 33.3 Å². The van der Waals surface area contributed by atoms with E-state index in [1.54, 1.807) is 0 Å². The maximum absolute atomic E-state index is 5.96. The summed E-state index contributed by atoms with van der Waals surface area (Å²) >= 11 is 0. The van der Waals surface area contributed by atoms with Gasteiger partial charge < -0.3 is 9.73 Å². The summed E-state index contributed by atoms with van der Waals surface area (Å²) in [5.41, 5.74) is 8.80. The lowest BCUT2D eigenvalue weighted by Gasteiger charge is -2.09. The van der Waals surface area contributed by atoms with Crippen LogP contribution in [0, 0.1) is 0 Å². The molecule has 0 radical (unpaired) electrons. The molecule has 1 aromatic heterocycles. The second kappa shape index (κ2) is 7.75. The molecule has 0 aliphatic carbocycles. The SMILES string of the molecule is c1ccc(-c2ccc(Nc3ccc(-c4ccc5oc6ccccc6c5c4)cc3)cc2)cc1. The number of hydrogen-bond acceptors (Lipinski definition) is 2. The molecule has 0 spiro atoms. The molecule has 152 valence electrons. The van der Waals surface area contributed by atoms with Gasteiger partial charge in [-0.1, -0.05) is 78.9 Å². The number of hydrogen-bond donors (Lipinski definition) is 1. The zero-order valence-corrected chi connectivity index (χ0v) is 17.5. The normalized spacial score (nSPS) is 11.1. The van der Waals surface area contributed by atoms with Crippen molar-refractivity contribution in [3.05, 3.63) is 121 Å². The summed E-state index contributed by atoms with van der Waals surface area (Å²) in [6, 6.07) is 42.1. The van der Waals surface area contributed by atoms with Gasteiger partial charge in [0.25, 0.3) is 0 Å². The molecule has 0 fully saturated rings. The van der Waals surface area contributed by atoms with E-state index in [9.17, 15) is 0 Å². The molecule has 0 unspecified atom stereocenters. The van der Waals surface area contributed by atoms with Crippen LogP contribution >= 0.6 is 0 Å². The molecule has 2 heteroatoms. The van der Waals surface area contributed by atoms with Gasteiger partial charge in [-0.25, -0.2) is 0 Å². The molecule has 0 bridgehead atoms. The molecule has 5 aromatic carbocycles.